The Balaban J connectivity index is 5.40. The molecule has 0 saturated carbocycles. The average molecular weight is 302 g/mol. The van der Waals surface area contributed by atoms with E-state index in [1.54, 1.807) is 0 Å². The van der Waals surface area contributed by atoms with Gasteiger partial charge in [0.05, 0.1) is 0 Å². The molecule has 1 nitrogen and oxygen atoms in total. The molecule has 0 amide bonds. The van der Waals surface area contributed by atoms with Crippen LogP contribution in [0.1, 0.15) is 20.8 Å². The maximum atomic E-state index is 3.91. The summed E-state index contributed by atoms with van der Waals surface area (Å²) in [5.41, 5.74) is 1.32. The van der Waals surface area contributed by atoms with Crippen molar-refractivity contribution >= 4 is 28.2 Å². The van der Waals surface area contributed by atoms with E-state index in [4.69, 9.17) is 0 Å². The van der Waals surface area contributed by atoms with Gasteiger partial charge in [-0.3, -0.25) is 0 Å². The van der Waals surface area contributed by atoms with Crippen LogP contribution in [0.2, 0.25) is 19.6 Å². The van der Waals surface area contributed by atoms with Crippen LogP contribution in [0, 0.1) is 0 Å². The van der Waals surface area contributed by atoms with Crippen molar-refractivity contribution in [1.82, 2.24) is 4.90 Å². The summed E-state index contributed by atoms with van der Waals surface area (Å²) in [6.07, 6.45) is 1.98. The van der Waals surface area contributed by atoms with Gasteiger partial charge in [0.15, 0.2) is 0 Å². The van der Waals surface area contributed by atoms with E-state index >= 15 is 0 Å². The summed E-state index contributed by atoms with van der Waals surface area (Å²) in [6, 6.07) is 0. The van der Waals surface area contributed by atoms with Gasteiger partial charge in [-0.2, -0.15) is 0 Å². The van der Waals surface area contributed by atoms with Gasteiger partial charge in [-0.05, 0) is 0 Å². The first-order chi connectivity index (χ1) is 7.29. The Kier molecular flexibility index (Phi) is 6.53. The summed E-state index contributed by atoms with van der Waals surface area (Å²) in [7, 11) is -1.33. The molecule has 0 aliphatic heterocycles. The Bertz CT molecular complexity index is 296. The second-order valence-corrected chi connectivity index (χ2v) is 10.8. The molecule has 0 unspecified atom stereocenters. The van der Waals surface area contributed by atoms with Gasteiger partial charge in [0.2, 0.25) is 0 Å². The van der Waals surface area contributed by atoms with E-state index < -0.39 is 8.07 Å². The van der Waals surface area contributed by atoms with Crippen LogP contribution in [0.15, 0.2) is 23.4 Å². The molecule has 0 saturated heterocycles. The number of hydrogen-bond donors (Lipinski definition) is 0. The van der Waals surface area contributed by atoms with Gasteiger partial charge in [0, 0.05) is 0 Å². The molecule has 0 spiro atoms. The number of allylic oxidation sites excluding steroid dienone is 2. The zero-order chi connectivity index (χ0) is 12.9. The van der Waals surface area contributed by atoms with E-state index in [2.05, 4.69) is 67.5 Å². The molecule has 0 aliphatic rings. The Morgan fingerprint density at radius 2 is 1.69 bits per heavy atom. The molecule has 0 bridgehead atoms. The van der Waals surface area contributed by atoms with Gasteiger partial charge in [0.1, 0.15) is 0 Å². The van der Waals surface area contributed by atoms with Gasteiger partial charge in [-0.15, -0.1) is 0 Å². The van der Waals surface area contributed by atoms with Gasteiger partial charge in [0.25, 0.3) is 0 Å². The van der Waals surface area contributed by atoms with Gasteiger partial charge in [-0.1, -0.05) is 0 Å². The number of hydrogen-bond acceptors (Lipinski definition) is 1. The summed E-state index contributed by atoms with van der Waals surface area (Å²) in [6.45, 7) is 19.7. The van der Waals surface area contributed by atoms with Crippen LogP contribution in [0.3, 0.4) is 0 Å². The maximum absolute atomic E-state index is 3.91. The van der Waals surface area contributed by atoms with Gasteiger partial charge in [-0.25, -0.2) is 0 Å². The summed E-state index contributed by atoms with van der Waals surface area (Å²) in [4.78, 5) is 2.39. The molecule has 0 heterocycles. The van der Waals surface area contributed by atoms with E-state index in [9.17, 15) is 0 Å². The van der Waals surface area contributed by atoms with Crippen molar-refractivity contribution in [3.05, 3.63) is 23.4 Å². The molecular formula is C13H25NSeSi. The van der Waals surface area contributed by atoms with Crippen molar-refractivity contribution in [2.45, 2.75) is 40.4 Å². The van der Waals surface area contributed by atoms with Crippen LogP contribution in [0.25, 0.3) is 0 Å². The third kappa shape index (κ3) is 4.04. The number of nitrogens with zero attached hydrogens (tertiary/aromatic N) is 1. The first-order valence-electron chi connectivity index (χ1n) is 5.92. The minimum atomic E-state index is -1.33. The van der Waals surface area contributed by atoms with Crippen molar-refractivity contribution in [2.75, 3.05) is 13.1 Å². The molecule has 0 aromatic carbocycles. The molecular weight excluding hydrogens is 277 g/mol. The Morgan fingerprint density at radius 3 is 1.94 bits per heavy atom. The molecule has 0 rings (SSSR count). The minimum absolute atomic E-state index is 1.05. The van der Waals surface area contributed by atoms with E-state index in [0.29, 0.717) is 0 Å². The molecule has 0 aliphatic carbocycles. The molecule has 92 valence electrons. The molecule has 0 radical (unpaired) electrons. The predicted octanol–water partition coefficient (Wildman–Crippen LogP) is 3.01. The summed E-state index contributed by atoms with van der Waals surface area (Å²) < 4.78 is 1.32. The topological polar surface area (TPSA) is 3.24 Å². The van der Waals surface area contributed by atoms with Crippen LogP contribution >= 0.6 is 0 Å². The standard InChI is InChI=1S/C13H25NSeSi/c1-8-11(4)12(16(5,6)7)13(15)14(9-2)10-3/h8H,1,9-10H2,2-7H3/b12-11+. The zero-order valence-electron chi connectivity index (χ0n) is 11.6. The molecule has 0 N–H and O–H groups in total. The molecule has 0 atom stereocenters. The summed E-state index contributed by atoms with van der Waals surface area (Å²) in [5.74, 6) is 0. The first-order valence-corrected chi connectivity index (χ1v) is 10.3. The fraction of sp³-hybridized carbons (Fsp3) is 0.615. The normalized spacial score (nSPS) is 13.1. The average Bonchev–Trinajstić information content (AvgIpc) is 2.17. The van der Waals surface area contributed by atoms with E-state index in [1.807, 2.05) is 6.08 Å². The van der Waals surface area contributed by atoms with Gasteiger partial charge < -0.3 is 0 Å². The predicted molar refractivity (Wildman–Crippen MR) is 79.9 cm³/mol. The van der Waals surface area contributed by atoms with Gasteiger partial charge >= 0.3 is 110 Å². The third-order valence-corrected chi connectivity index (χ3v) is 6.22. The van der Waals surface area contributed by atoms with E-state index in [0.717, 1.165) is 13.1 Å². The van der Waals surface area contributed by atoms with Crippen molar-refractivity contribution < 1.29 is 0 Å². The van der Waals surface area contributed by atoms with Crippen LogP contribution in [0.5, 0.6) is 0 Å². The van der Waals surface area contributed by atoms with Crippen LogP contribution in [-0.4, -0.2) is 46.2 Å². The van der Waals surface area contributed by atoms with Crippen molar-refractivity contribution in [3.63, 3.8) is 0 Å². The fourth-order valence-corrected chi connectivity index (χ4v) is 6.74. The van der Waals surface area contributed by atoms with Crippen molar-refractivity contribution in [1.29, 1.82) is 0 Å². The Labute approximate surface area is 110 Å². The second-order valence-electron chi connectivity index (χ2n) is 4.99. The third-order valence-electron chi connectivity index (χ3n) is 2.72. The summed E-state index contributed by atoms with van der Waals surface area (Å²) in [5, 5.41) is 1.51. The van der Waals surface area contributed by atoms with E-state index in [-0.39, 0.29) is 0 Å². The second kappa shape index (κ2) is 6.58. The molecule has 3 heteroatoms. The molecule has 0 fully saturated rings. The Hall–Kier alpha value is -0.114. The monoisotopic (exact) mass is 303 g/mol. The first kappa shape index (κ1) is 15.9. The fourth-order valence-electron chi connectivity index (χ4n) is 1.85. The quantitative estimate of drug-likeness (QED) is 0.538. The molecule has 0 aromatic rings. The zero-order valence-corrected chi connectivity index (χ0v) is 14.3. The van der Waals surface area contributed by atoms with E-state index in [1.165, 1.54) is 15.3 Å². The summed E-state index contributed by atoms with van der Waals surface area (Å²) >= 11 is 3.27. The van der Waals surface area contributed by atoms with Crippen LogP contribution in [0.4, 0.5) is 0 Å². The van der Waals surface area contributed by atoms with Crippen molar-refractivity contribution in [2.24, 2.45) is 0 Å². The molecule has 16 heavy (non-hydrogen) atoms. The Morgan fingerprint density at radius 1 is 1.25 bits per heavy atom. The number of rotatable bonds is 6. The van der Waals surface area contributed by atoms with Crippen LogP contribution < -0.4 is 0 Å². The van der Waals surface area contributed by atoms with Crippen molar-refractivity contribution in [3.8, 4) is 0 Å². The molecule has 0 aromatic heterocycles. The SMILES string of the molecule is C=C/C(C)=C(\C(=[Se])N(CC)CC)[Si](C)(C)C. The van der Waals surface area contributed by atoms with Crippen LogP contribution in [-0.2, 0) is 0 Å². The number of likely N-dealkylation sites (N-methyl/N-ethyl adjacent to an activating group) is 1.